The average molecular weight is 308 g/mol. The molecule has 2 N–H and O–H groups in total. The first kappa shape index (κ1) is 20.1. The zero-order valence-electron chi connectivity index (χ0n) is 13.0. The van der Waals surface area contributed by atoms with Gasteiger partial charge in [-0.05, 0) is 7.05 Å². The maximum Gasteiger partial charge on any atom is 0.406 e. The van der Waals surface area contributed by atoms with Crippen LogP contribution in [0, 0.1) is 0 Å². The minimum absolute atomic E-state index is 0.232. The molecule has 0 saturated heterocycles. The number of carbonyl (C=O) groups is 1. The molecule has 0 heterocycles. The average Bonchev–Trinajstić information content (AvgIpc) is 2.50. The molecule has 0 aromatic carbocycles. The minimum atomic E-state index is -0.457. The number of hydrogen-bond acceptors (Lipinski definition) is 7. The molecule has 8 nitrogen and oxygen atoms in total. The van der Waals surface area contributed by atoms with Crippen molar-refractivity contribution < 1.29 is 28.5 Å². The fourth-order valence-electron chi connectivity index (χ4n) is 1.20. The fraction of sp³-hybridized carbons (Fsp3) is 0.923. The summed E-state index contributed by atoms with van der Waals surface area (Å²) in [6, 6.07) is 0. The van der Waals surface area contributed by atoms with Crippen molar-refractivity contribution in [1.82, 2.24) is 10.6 Å². The molecule has 0 bridgehead atoms. The lowest BCUT2D eigenvalue weighted by molar-refractivity contribution is -0.00608. The number of alkyl carbamates (subject to hydrolysis) is 1. The highest BCUT2D eigenvalue weighted by molar-refractivity contribution is 5.66. The lowest BCUT2D eigenvalue weighted by Crippen LogP contribution is -2.21. The van der Waals surface area contributed by atoms with E-state index >= 15 is 0 Å². The van der Waals surface area contributed by atoms with Crippen molar-refractivity contribution in [1.29, 1.82) is 0 Å². The first-order valence-corrected chi connectivity index (χ1v) is 7.11. The molecule has 0 aliphatic heterocycles. The van der Waals surface area contributed by atoms with Gasteiger partial charge in [-0.25, -0.2) is 4.79 Å². The Balaban J connectivity index is 2.98. The summed E-state index contributed by atoms with van der Waals surface area (Å²) in [6.07, 6.45) is -0.457. The molecule has 0 spiro atoms. The highest BCUT2D eigenvalue weighted by Crippen LogP contribution is 1.84. The number of carbonyl (C=O) groups excluding carboxylic acids is 1. The summed E-state index contributed by atoms with van der Waals surface area (Å²) in [7, 11) is 3.39. The maximum atomic E-state index is 10.7. The van der Waals surface area contributed by atoms with Crippen LogP contribution in [0.25, 0.3) is 0 Å². The summed E-state index contributed by atoms with van der Waals surface area (Å²) < 4.78 is 25.9. The van der Waals surface area contributed by atoms with Crippen molar-refractivity contribution in [2.24, 2.45) is 0 Å². The maximum absolute atomic E-state index is 10.7. The van der Waals surface area contributed by atoms with Gasteiger partial charge in [-0.1, -0.05) is 0 Å². The van der Waals surface area contributed by atoms with Crippen LogP contribution in [0.1, 0.15) is 0 Å². The lowest BCUT2D eigenvalue weighted by atomic mass is 10.6. The molecule has 0 aromatic rings. The first-order valence-electron chi connectivity index (χ1n) is 7.11. The number of nitrogens with one attached hydrogen (secondary N) is 2. The first-order chi connectivity index (χ1) is 10.3. The fourth-order valence-corrected chi connectivity index (χ4v) is 1.20. The van der Waals surface area contributed by atoms with E-state index in [1.165, 1.54) is 7.05 Å². The summed E-state index contributed by atoms with van der Waals surface area (Å²) in [4.78, 5) is 10.7. The van der Waals surface area contributed by atoms with E-state index in [1.54, 1.807) is 0 Å². The zero-order chi connectivity index (χ0) is 15.6. The second kappa shape index (κ2) is 17.1. The van der Waals surface area contributed by atoms with E-state index in [1.807, 2.05) is 7.05 Å². The Labute approximate surface area is 126 Å². The Morgan fingerprint density at radius 1 is 0.714 bits per heavy atom. The molecule has 0 atom stereocenters. The molecule has 126 valence electrons. The van der Waals surface area contributed by atoms with Crippen LogP contribution in [0.4, 0.5) is 4.79 Å². The molecule has 0 rings (SSSR count). The van der Waals surface area contributed by atoms with Crippen molar-refractivity contribution in [3.63, 3.8) is 0 Å². The van der Waals surface area contributed by atoms with Crippen LogP contribution in [0.3, 0.4) is 0 Å². The molecular formula is C13H28N2O6. The van der Waals surface area contributed by atoms with Crippen molar-refractivity contribution in [3.8, 4) is 0 Å². The van der Waals surface area contributed by atoms with Gasteiger partial charge in [-0.3, -0.25) is 0 Å². The summed E-state index contributed by atoms with van der Waals surface area (Å²) in [6.45, 7) is 5.30. The highest BCUT2D eigenvalue weighted by atomic mass is 16.6. The summed E-state index contributed by atoms with van der Waals surface area (Å²) in [5.74, 6) is 0. The molecule has 0 fully saturated rings. The number of rotatable bonds is 15. The van der Waals surface area contributed by atoms with Crippen LogP contribution < -0.4 is 10.6 Å². The van der Waals surface area contributed by atoms with Gasteiger partial charge in [0.1, 0.15) is 6.61 Å². The minimum Gasteiger partial charge on any atom is -0.447 e. The van der Waals surface area contributed by atoms with Crippen LogP contribution in [0.2, 0.25) is 0 Å². The van der Waals surface area contributed by atoms with E-state index < -0.39 is 6.09 Å². The lowest BCUT2D eigenvalue weighted by Gasteiger charge is -2.07. The standard InChI is InChI=1S/C13H28N2O6/c1-14-3-4-17-5-6-18-7-8-19-9-10-20-11-12-21-13(16)15-2/h14H,3-12H2,1-2H3,(H,15,16). The van der Waals surface area contributed by atoms with E-state index in [0.29, 0.717) is 52.9 Å². The molecule has 0 aliphatic carbocycles. The topological polar surface area (TPSA) is 87.3 Å². The zero-order valence-corrected chi connectivity index (χ0v) is 13.0. The van der Waals surface area contributed by atoms with E-state index in [-0.39, 0.29) is 6.61 Å². The normalized spacial score (nSPS) is 10.6. The smallest absolute Gasteiger partial charge is 0.406 e. The van der Waals surface area contributed by atoms with Crippen LogP contribution in [-0.4, -0.2) is 86.2 Å². The SMILES string of the molecule is CNCCOCCOCCOCCOCCOC(=O)NC. The quantitative estimate of drug-likeness (QED) is 0.399. The molecule has 21 heavy (non-hydrogen) atoms. The summed E-state index contributed by atoms with van der Waals surface area (Å²) in [5, 5.41) is 5.34. The monoisotopic (exact) mass is 308 g/mol. The van der Waals surface area contributed by atoms with Gasteiger partial charge in [0.25, 0.3) is 0 Å². The van der Waals surface area contributed by atoms with Gasteiger partial charge >= 0.3 is 6.09 Å². The van der Waals surface area contributed by atoms with E-state index in [4.69, 9.17) is 23.7 Å². The van der Waals surface area contributed by atoms with Gasteiger partial charge < -0.3 is 34.3 Å². The van der Waals surface area contributed by atoms with Gasteiger partial charge in [-0.15, -0.1) is 0 Å². The Morgan fingerprint density at radius 2 is 1.14 bits per heavy atom. The Hall–Kier alpha value is -0.930. The van der Waals surface area contributed by atoms with E-state index in [9.17, 15) is 4.79 Å². The van der Waals surface area contributed by atoms with Crippen LogP contribution >= 0.6 is 0 Å². The predicted octanol–water partition coefficient (Wildman–Crippen LogP) is -0.372. The number of ether oxygens (including phenoxy) is 5. The van der Waals surface area contributed by atoms with Gasteiger partial charge in [-0.2, -0.15) is 0 Å². The third-order valence-corrected chi connectivity index (χ3v) is 2.28. The molecule has 0 radical (unpaired) electrons. The van der Waals surface area contributed by atoms with Crippen molar-refractivity contribution in [3.05, 3.63) is 0 Å². The molecule has 0 aromatic heterocycles. The molecule has 0 unspecified atom stereocenters. The Morgan fingerprint density at radius 3 is 1.57 bits per heavy atom. The third kappa shape index (κ3) is 17.0. The van der Waals surface area contributed by atoms with Gasteiger partial charge in [0, 0.05) is 13.6 Å². The highest BCUT2D eigenvalue weighted by Gasteiger charge is 1.96. The summed E-state index contributed by atoms with van der Waals surface area (Å²) in [5.41, 5.74) is 0. The summed E-state index contributed by atoms with van der Waals surface area (Å²) >= 11 is 0. The van der Waals surface area contributed by atoms with Crippen LogP contribution in [0.15, 0.2) is 0 Å². The van der Waals surface area contributed by atoms with Crippen molar-refractivity contribution in [2.45, 2.75) is 0 Å². The molecular weight excluding hydrogens is 280 g/mol. The van der Waals surface area contributed by atoms with Gasteiger partial charge in [0.15, 0.2) is 0 Å². The molecule has 1 amide bonds. The second-order valence-electron chi connectivity index (χ2n) is 3.94. The largest absolute Gasteiger partial charge is 0.447 e. The third-order valence-electron chi connectivity index (χ3n) is 2.28. The molecule has 8 heteroatoms. The van der Waals surface area contributed by atoms with Gasteiger partial charge in [0.2, 0.25) is 0 Å². The van der Waals surface area contributed by atoms with Crippen molar-refractivity contribution in [2.75, 3.05) is 80.1 Å². The predicted molar refractivity (Wildman–Crippen MR) is 77.6 cm³/mol. The van der Waals surface area contributed by atoms with E-state index in [0.717, 1.165) is 6.54 Å². The van der Waals surface area contributed by atoms with Gasteiger partial charge in [0.05, 0.1) is 52.9 Å². The van der Waals surface area contributed by atoms with Crippen molar-refractivity contribution >= 4 is 6.09 Å². The molecule has 0 saturated carbocycles. The Kier molecular flexibility index (Phi) is 16.4. The Bertz CT molecular complexity index is 231. The number of hydrogen-bond donors (Lipinski definition) is 2. The number of amides is 1. The second-order valence-corrected chi connectivity index (χ2v) is 3.94. The van der Waals surface area contributed by atoms with Crippen LogP contribution in [-0.2, 0) is 23.7 Å². The van der Waals surface area contributed by atoms with Crippen LogP contribution in [0.5, 0.6) is 0 Å². The van der Waals surface area contributed by atoms with E-state index in [2.05, 4.69) is 10.6 Å². The molecule has 0 aliphatic rings. The number of likely N-dealkylation sites (N-methyl/N-ethyl adjacent to an activating group) is 1.